The third kappa shape index (κ3) is 6.55. The Hall–Kier alpha value is -5.66. The Morgan fingerprint density at radius 2 is 1.90 bits per heavy atom. The molecule has 0 saturated heterocycles. The van der Waals surface area contributed by atoms with Crippen molar-refractivity contribution in [1.29, 1.82) is 0 Å². The Morgan fingerprint density at radius 3 is 2.62 bits per heavy atom. The van der Waals surface area contributed by atoms with Crippen LogP contribution in [0.2, 0.25) is 0 Å². The molecular formula is C28H27N5O9. The zero-order valence-corrected chi connectivity index (χ0v) is 23.0. The van der Waals surface area contributed by atoms with Gasteiger partial charge in [-0.1, -0.05) is 12.1 Å². The lowest BCUT2D eigenvalue weighted by Gasteiger charge is -2.28. The van der Waals surface area contributed by atoms with E-state index in [1.165, 1.54) is 32.6 Å². The maximum absolute atomic E-state index is 12.3. The number of furan rings is 1. The number of amides is 3. The summed E-state index contributed by atoms with van der Waals surface area (Å²) in [4.78, 5) is 47.3. The number of urea groups is 1. The minimum atomic E-state index is -0.796. The van der Waals surface area contributed by atoms with Crippen LogP contribution in [-0.4, -0.2) is 49.9 Å². The number of allylic oxidation sites excluding steroid dienone is 1. The first kappa shape index (κ1) is 29.3. The molecule has 3 aromatic rings. The van der Waals surface area contributed by atoms with Gasteiger partial charge < -0.3 is 29.3 Å². The van der Waals surface area contributed by atoms with Crippen LogP contribution in [0.3, 0.4) is 0 Å². The van der Waals surface area contributed by atoms with Crippen molar-refractivity contribution in [2.45, 2.75) is 19.9 Å². The fourth-order valence-electron chi connectivity index (χ4n) is 4.21. The minimum Gasteiger partial charge on any atom is -0.493 e. The van der Waals surface area contributed by atoms with E-state index in [-0.39, 0.29) is 22.8 Å². The first-order chi connectivity index (χ1) is 20.1. The van der Waals surface area contributed by atoms with Crippen LogP contribution in [0.15, 0.2) is 69.3 Å². The van der Waals surface area contributed by atoms with Crippen LogP contribution in [0.4, 0.5) is 10.5 Å². The predicted molar refractivity (Wildman–Crippen MR) is 149 cm³/mol. The smallest absolute Gasteiger partial charge is 0.337 e. The van der Waals surface area contributed by atoms with Crippen molar-refractivity contribution in [2.24, 2.45) is 5.10 Å². The number of methoxy groups -OCH3 is 2. The van der Waals surface area contributed by atoms with Crippen LogP contribution in [0, 0.1) is 17.0 Å². The number of nitro benzene ring substituents is 1. The van der Waals surface area contributed by atoms with Gasteiger partial charge in [0.2, 0.25) is 0 Å². The number of aryl methyl sites for hydroxylation is 1. The van der Waals surface area contributed by atoms with Crippen molar-refractivity contribution in [3.8, 4) is 22.8 Å². The molecule has 0 saturated carbocycles. The quantitative estimate of drug-likeness (QED) is 0.140. The number of nitrogens with one attached hydrogen (secondary N) is 3. The maximum atomic E-state index is 12.3. The first-order valence-electron chi connectivity index (χ1n) is 12.5. The van der Waals surface area contributed by atoms with Gasteiger partial charge in [0, 0.05) is 23.4 Å². The Kier molecular flexibility index (Phi) is 8.85. The maximum Gasteiger partial charge on any atom is 0.337 e. The third-order valence-electron chi connectivity index (χ3n) is 6.26. The standard InChI is InChI=1S/C28H27N5O9/c1-15-5-7-18(33(37)38)12-20(15)21-10-8-19(42-21)13-29-32-24(34)14-41-22-9-6-17(11-23(22)39-3)26-25(27(35)40-4)16(2)30-28(36)31-26/h5-13,26H,14H2,1-4H3,(H,32,34)(H2,30,31,36)/b29-13-/t26-/m0/s1. The first-order valence-corrected chi connectivity index (χ1v) is 12.5. The summed E-state index contributed by atoms with van der Waals surface area (Å²) in [5.74, 6) is 0.0514. The Morgan fingerprint density at radius 1 is 1.12 bits per heavy atom. The molecule has 2 heterocycles. The lowest BCUT2D eigenvalue weighted by molar-refractivity contribution is -0.384. The van der Waals surface area contributed by atoms with E-state index < -0.39 is 35.5 Å². The molecule has 1 aromatic heterocycles. The fraction of sp³-hybridized carbons (Fsp3) is 0.214. The largest absolute Gasteiger partial charge is 0.493 e. The lowest BCUT2D eigenvalue weighted by atomic mass is 9.95. The molecule has 1 atom stereocenters. The molecule has 0 bridgehead atoms. The lowest BCUT2D eigenvalue weighted by Crippen LogP contribution is -2.45. The fourth-order valence-corrected chi connectivity index (χ4v) is 4.21. The van der Waals surface area contributed by atoms with E-state index in [1.54, 1.807) is 50.2 Å². The van der Waals surface area contributed by atoms with Crippen molar-refractivity contribution in [2.75, 3.05) is 20.8 Å². The molecule has 218 valence electrons. The molecule has 3 amide bonds. The van der Waals surface area contributed by atoms with Crippen LogP contribution in [0.25, 0.3) is 11.3 Å². The molecule has 4 rings (SSSR count). The molecular weight excluding hydrogens is 550 g/mol. The van der Waals surface area contributed by atoms with Crippen LogP contribution in [-0.2, 0) is 14.3 Å². The molecule has 1 aliphatic rings. The average molecular weight is 578 g/mol. The van der Waals surface area contributed by atoms with Crippen molar-refractivity contribution in [3.05, 3.63) is 86.8 Å². The van der Waals surface area contributed by atoms with E-state index >= 15 is 0 Å². The topological polar surface area (TPSA) is 184 Å². The summed E-state index contributed by atoms with van der Waals surface area (Å²) in [6.45, 7) is 3.00. The van der Waals surface area contributed by atoms with Gasteiger partial charge in [-0.05, 0) is 49.2 Å². The molecule has 0 radical (unpaired) electrons. The number of hydrogen-bond acceptors (Lipinski definition) is 10. The van der Waals surface area contributed by atoms with Crippen molar-refractivity contribution < 1.29 is 37.9 Å². The van der Waals surface area contributed by atoms with Crippen molar-refractivity contribution >= 4 is 29.8 Å². The minimum absolute atomic E-state index is 0.0586. The van der Waals surface area contributed by atoms with Gasteiger partial charge in [-0.3, -0.25) is 14.9 Å². The monoisotopic (exact) mass is 577 g/mol. The number of carbonyl (C=O) groups excluding carboxylic acids is 3. The van der Waals surface area contributed by atoms with Gasteiger partial charge >= 0.3 is 12.0 Å². The number of hydrazone groups is 1. The number of rotatable bonds is 10. The van der Waals surface area contributed by atoms with Gasteiger partial charge in [0.05, 0.1) is 37.0 Å². The zero-order valence-electron chi connectivity index (χ0n) is 23.0. The highest BCUT2D eigenvalue weighted by molar-refractivity contribution is 5.95. The molecule has 0 fully saturated rings. The van der Waals surface area contributed by atoms with Crippen molar-refractivity contribution in [3.63, 3.8) is 0 Å². The molecule has 2 aromatic carbocycles. The van der Waals surface area contributed by atoms with Crippen LogP contribution in [0.1, 0.15) is 29.9 Å². The molecule has 14 nitrogen and oxygen atoms in total. The predicted octanol–water partition coefficient (Wildman–Crippen LogP) is 3.50. The van der Waals surface area contributed by atoms with Gasteiger partial charge in [-0.2, -0.15) is 5.10 Å². The highest BCUT2D eigenvalue weighted by Gasteiger charge is 2.32. The van der Waals surface area contributed by atoms with E-state index in [9.17, 15) is 24.5 Å². The molecule has 0 spiro atoms. The van der Waals surface area contributed by atoms with Gasteiger partial charge in [0.15, 0.2) is 18.1 Å². The number of non-ortho nitro benzene ring substituents is 1. The highest BCUT2D eigenvalue weighted by Crippen LogP contribution is 2.34. The second kappa shape index (κ2) is 12.7. The Bertz CT molecular complexity index is 1610. The van der Waals surface area contributed by atoms with E-state index in [0.717, 1.165) is 5.56 Å². The summed E-state index contributed by atoms with van der Waals surface area (Å²) in [5, 5.41) is 20.2. The van der Waals surface area contributed by atoms with Gasteiger partial charge in [-0.25, -0.2) is 15.0 Å². The van der Waals surface area contributed by atoms with Crippen LogP contribution < -0.4 is 25.5 Å². The summed E-state index contributed by atoms with van der Waals surface area (Å²) in [5.41, 5.74) is 4.74. The molecule has 0 aliphatic carbocycles. The number of benzene rings is 2. The van der Waals surface area contributed by atoms with Crippen LogP contribution >= 0.6 is 0 Å². The molecule has 1 aliphatic heterocycles. The van der Waals surface area contributed by atoms with E-state index in [0.29, 0.717) is 28.3 Å². The van der Waals surface area contributed by atoms with E-state index in [1.807, 2.05) is 0 Å². The van der Waals surface area contributed by atoms with Crippen molar-refractivity contribution in [1.82, 2.24) is 16.1 Å². The summed E-state index contributed by atoms with van der Waals surface area (Å²) in [7, 11) is 2.66. The summed E-state index contributed by atoms with van der Waals surface area (Å²) in [6, 6.07) is 11.2. The third-order valence-corrected chi connectivity index (χ3v) is 6.26. The Labute approximate surface area is 239 Å². The summed E-state index contributed by atoms with van der Waals surface area (Å²) < 4.78 is 21.5. The second-order valence-electron chi connectivity index (χ2n) is 9.01. The van der Waals surface area contributed by atoms with Gasteiger partial charge in [-0.15, -0.1) is 0 Å². The molecule has 3 N–H and O–H groups in total. The SMILES string of the molecule is COC(=O)C1=C(C)NC(=O)N[C@H]1c1ccc(OCC(=O)N/N=C\c2ccc(-c3cc([N+](=O)[O-])ccc3C)o2)c(OC)c1. The van der Waals surface area contributed by atoms with E-state index in [2.05, 4.69) is 21.2 Å². The normalized spacial score (nSPS) is 14.7. The number of ether oxygens (including phenoxy) is 3. The molecule has 42 heavy (non-hydrogen) atoms. The number of esters is 1. The van der Waals surface area contributed by atoms with Gasteiger partial charge in [0.1, 0.15) is 11.5 Å². The summed E-state index contributed by atoms with van der Waals surface area (Å²) >= 11 is 0. The Balaban J connectivity index is 1.38. The number of nitrogens with zero attached hydrogens (tertiary/aromatic N) is 2. The number of hydrogen-bond donors (Lipinski definition) is 3. The van der Waals surface area contributed by atoms with Crippen LogP contribution in [0.5, 0.6) is 11.5 Å². The number of nitro groups is 1. The zero-order chi connectivity index (χ0) is 30.4. The summed E-state index contributed by atoms with van der Waals surface area (Å²) in [6.07, 6.45) is 1.28. The molecule has 14 heteroatoms. The molecule has 0 unspecified atom stereocenters. The van der Waals surface area contributed by atoms with E-state index in [4.69, 9.17) is 18.6 Å². The van der Waals surface area contributed by atoms with Gasteiger partial charge in [0.25, 0.3) is 11.6 Å². The second-order valence-corrected chi connectivity index (χ2v) is 9.01. The average Bonchev–Trinajstić information content (AvgIpc) is 3.44. The number of carbonyl (C=O) groups is 3. The highest BCUT2D eigenvalue weighted by atomic mass is 16.6.